The Morgan fingerprint density at radius 3 is 3.17 bits per heavy atom. The van der Waals surface area contributed by atoms with Crippen LogP contribution in [0, 0.1) is 0 Å². The van der Waals surface area contributed by atoms with Crippen molar-refractivity contribution < 1.29 is 9.53 Å². The zero-order chi connectivity index (χ0) is 16.2. The Morgan fingerprint density at radius 1 is 1.48 bits per heavy atom. The minimum Gasteiger partial charge on any atom is -0.481 e. The van der Waals surface area contributed by atoms with E-state index in [0.29, 0.717) is 16.3 Å². The van der Waals surface area contributed by atoms with Crippen molar-refractivity contribution in [3.8, 4) is 5.75 Å². The molecule has 1 aliphatic heterocycles. The monoisotopic (exact) mass is 333 g/mol. The Morgan fingerprint density at radius 2 is 2.35 bits per heavy atom. The van der Waals surface area contributed by atoms with Crippen LogP contribution in [0.15, 0.2) is 30.5 Å². The molecule has 2 aromatic rings. The van der Waals surface area contributed by atoms with Crippen molar-refractivity contribution in [3.63, 3.8) is 0 Å². The molecule has 3 rings (SSSR count). The highest BCUT2D eigenvalue weighted by atomic mass is 35.5. The average molecular weight is 334 g/mol. The number of carbonyl (C=O) groups excluding carboxylic acids is 1. The predicted molar refractivity (Wildman–Crippen MR) is 90.9 cm³/mol. The summed E-state index contributed by atoms with van der Waals surface area (Å²) in [5, 5.41) is 4.59. The van der Waals surface area contributed by atoms with Crippen molar-refractivity contribution in [2.24, 2.45) is 0 Å². The van der Waals surface area contributed by atoms with Gasteiger partial charge in [-0.05, 0) is 44.2 Å². The molecule has 1 unspecified atom stereocenters. The molecular weight excluding hydrogens is 314 g/mol. The second-order valence-corrected chi connectivity index (χ2v) is 6.08. The summed E-state index contributed by atoms with van der Waals surface area (Å²) in [6.07, 6.45) is 3.78. The molecule has 122 valence electrons. The second-order valence-electron chi connectivity index (χ2n) is 5.67. The minimum absolute atomic E-state index is 0.0155. The van der Waals surface area contributed by atoms with Crippen molar-refractivity contribution in [3.05, 3.63) is 35.5 Å². The van der Waals surface area contributed by atoms with Gasteiger partial charge in [-0.3, -0.25) is 9.78 Å². The fourth-order valence-electron chi connectivity index (χ4n) is 3.06. The third-order valence-corrected chi connectivity index (χ3v) is 4.50. The summed E-state index contributed by atoms with van der Waals surface area (Å²) in [7, 11) is 1.91. The number of hydrogen-bond donors (Lipinski definition) is 1. The van der Waals surface area contributed by atoms with E-state index in [9.17, 15) is 4.79 Å². The van der Waals surface area contributed by atoms with Crippen molar-refractivity contribution >= 4 is 28.4 Å². The van der Waals surface area contributed by atoms with Gasteiger partial charge in [0.15, 0.2) is 6.61 Å². The molecule has 0 radical (unpaired) electrons. The van der Waals surface area contributed by atoms with Gasteiger partial charge in [0.1, 0.15) is 11.3 Å². The third kappa shape index (κ3) is 3.41. The fraction of sp³-hybridized carbons (Fsp3) is 0.412. The number of carbonyl (C=O) groups is 1. The van der Waals surface area contributed by atoms with E-state index in [4.69, 9.17) is 16.3 Å². The van der Waals surface area contributed by atoms with Crippen molar-refractivity contribution in [1.82, 2.24) is 15.2 Å². The molecule has 1 atom stereocenters. The highest BCUT2D eigenvalue weighted by molar-refractivity contribution is 6.35. The van der Waals surface area contributed by atoms with Crippen LogP contribution >= 0.6 is 11.6 Å². The zero-order valence-electron chi connectivity index (χ0n) is 13.1. The molecular formula is C17H20ClN3O2. The largest absolute Gasteiger partial charge is 0.481 e. The molecule has 1 N–H and O–H groups in total. The summed E-state index contributed by atoms with van der Waals surface area (Å²) >= 11 is 6.17. The van der Waals surface area contributed by atoms with Crippen LogP contribution in [0.3, 0.4) is 0 Å². The average Bonchev–Trinajstić information content (AvgIpc) is 3.03. The molecule has 6 heteroatoms. The molecule has 0 bridgehead atoms. The van der Waals surface area contributed by atoms with Gasteiger partial charge < -0.3 is 15.0 Å². The lowest BCUT2D eigenvalue weighted by molar-refractivity contribution is -0.134. The van der Waals surface area contributed by atoms with Crippen LogP contribution in [-0.2, 0) is 4.79 Å². The molecule has 2 heterocycles. The van der Waals surface area contributed by atoms with Gasteiger partial charge in [-0.15, -0.1) is 0 Å². The number of ether oxygens (including phenoxy) is 1. The molecule has 1 fully saturated rings. The molecule has 1 aliphatic rings. The Bertz CT molecular complexity index is 707. The Kier molecular flexibility index (Phi) is 4.98. The first-order valence-electron chi connectivity index (χ1n) is 7.81. The number of fused-ring (bicyclic) bond motifs is 1. The molecule has 0 spiro atoms. The number of halogens is 1. The van der Waals surface area contributed by atoms with Gasteiger partial charge in [-0.2, -0.15) is 0 Å². The highest BCUT2D eigenvalue weighted by Crippen LogP contribution is 2.29. The first-order valence-corrected chi connectivity index (χ1v) is 8.18. The molecule has 1 aromatic heterocycles. The van der Waals surface area contributed by atoms with Gasteiger partial charge in [0.25, 0.3) is 5.91 Å². The molecule has 0 aliphatic carbocycles. The van der Waals surface area contributed by atoms with Crippen LogP contribution in [0.2, 0.25) is 5.02 Å². The van der Waals surface area contributed by atoms with Crippen molar-refractivity contribution in [2.75, 3.05) is 26.7 Å². The fourth-order valence-corrected chi connectivity index (χ4v) is 3.28. The molecule has 1 amide bonds. The van der Waals surface area contributed by atoms with Gasteiger partial charge in [-0.25, -0.2) is 0 Å². The van der Waals surface area contributed by atoms with Gasteiger partial charge >= 0.3 is 0 Å². The Labute approximate surface area is 140 Å². The number of likely N-dealkylation sites (tertiary alicyclic amines) is 1. The van der Waals surface area contributed by atoms with Gasteiger partial charge in [0.2, 0.25) is 0 Å². The number of aromatic nitrogens is 1. The summed E-state index contributed by atoms with van der Waals surface area (Å²) in [6, 6.07) is 7.51. The zero-order valence-corrected chi connectivity index (χ0v) is 13.8. The number of rotatable bonds is 5. The smallest absolute Gasteiger partial charge is 0.260 e. The van der Waals surface area contributed by atoms with Gasteiger partial charge in [0, 0.05) is 30.7 Å². The highest BCUT2D eigenvalue weighted by Gasteiger charge is 2.28. The maximum atomic E-state index is 12.4. The molecule has 1 aromatic carbocycles. The Balaban J connectivity index is 1.71. The minimum atomic E-state index is 0.0155. The van der Waals surface area contributed by atoms with Gasteiger partial charge in [-0.1, -0.05) is 11.6 Å². The summed E-state index contributed by atoms with van der Waals surface area (Å²) in [6.45, 7) is 1.64. The normalized spacial score (nSPS) is 17.7. The first kappa shape index (κ1) is 16.0. The second kappa shape index (κ2) is 7.15. The summed E-state index contributed by atoms with van der Waals surface area (Å²) in [4.78, 5) is 18.7. The van der Waals surface area contributed by atoms with E-state index < -0.39 is 0 Å². The van der Waals surface area contributed by atoms with Gasteiger partial charge in [0.05, 0.1) is 5.02 Å². The van der Waals surface area contributed by atoms with Crippen LogP contribution in [0.5, 0.6) is 5.75 Å². The van der Waals surface area contributed by atoms with E-state index in [1.807, 2.05) is 24.1 Å². The van der Waals surface area contributed by atoms with Crippen molar-refractivity contribution in [2.45, 2.75) is 18.9 Å². The lowest BCUT2D eigenvalue weighted by Gasteiger charge is -2.24. The predicted octanol–water partition coefficient (Wildman–Crippen LogP) is 2.48. The van der Waals surface area contributed by atoms with E-state index in [-0.39, 0.29) is 18.6 Å². The number of nitrogens with one attached hydrogen (secondary N) is 1. The Hall–Kier alpha value is -1.85. The third-order valence-electron chi connectivity index (χ3n) is 4.17. The van der Waals surface area contributed by atoms with Crippen LogP contribution in [0.25, 0.3) is 10.9 Å². The molecule has 0 saturated carbocycles. The van der Waals surface area contributed by atoms with E-state index in [0.717, 1.165) is 31.3 Å². The number of hydrogen-bond acceptors (Lipinski definition) is 4. The number of amides is 1. The topological polar surface area (TPSA) is 54.5 Å². The summed E-state index contributed by atoms with van der Waals surface area (Å²) in [5.74, 6) is 0.601. The number of likely N-dealkylation sites (N-methyl/N-ethyl adjacent to an activating group) is 1. The standard InChI is InChI=1S/C17H20ClN3O2/c1-19-10-12-4-3-9-21(12)16(22)11-23-15-7-6-14(18)13-5-2-8-20-17(13)15/h2,5-8,12,19H,3-4,9-11H2,1H3. The lowest BCUT2D eigenvalue weighted by atomic mass is 10.2. The SMILES string of the molecule is CNCC1CCCN1C(=O)COc1ccc(Cl)c2cccnc12. The maximum absolute atomic E-state index is 12.4. The molecule has 5 nitrogen and oxygen atoms in total. The quantitative estimate of drug-likeness (QED) is 0.913. The summed E-state index contributed by atoms with van der Waals surface area (Å²) < 4.78 is 5.74. The first-order chi connectivity index (χ1) is 11.2. The van der Waals surface area contributed by atoms with E-state index >= 15 is 0 Å². The maximum Gasteiger partial charge on any atom is 0.260 e. The van der Waals surface area contributed by atoms with Crippen LogP contribution in [0.4, 0.5) is 0 Å². The lowest BCUT2D eigenvalue weighted by Crippen LogP contribution is -2.43. The number of nitrogens with zero attached hydrogens (tertiary/aromatic N) is 2. The van der Waals surface area contributed by atoms with Crippen LogP contribution in [-0.4, -0.2) is 48.6 Å². The van der Waals surface area contributed by atoms with Crippen LogP contribution in [0.1, 0.15) is 12.8 Å². The van der Waals surface area contributed by atoms with Crippen molar-refractivity contribution in [1.29, 1.82) is 0 Å². The number of pyridine rings is 1. The van der Waals surface area contributed by atoms with Crippen LogP contribution < -0.4 is 10.1 Å². The van der Waals surface area contributed by atoms with E-state index in [1.54, 1.807) is 18.3 Å². The summed E-state index contributed by atoms with van der Waals surface area (Å²) in [5.41, 5.74) is 0.681. The molecule has 23 heavy (non-hydrogen) atoms. The van der Waals surface area contributed by atoms with E-state index in [1.165, 1.54) is 0 Å². The molecule has 1 saturated heterocycles. The van der Waals surface area contributed by atoms with E-state index in [2.05, 4.69) is 10.3 Å². The number of benzene rings is 1.